The second-order valence-electron chi connectivity index (χ2n) is 4.03. The fraction of sp³-hybridized carbons (Fsp3) is 0.333. The molecule has 1 aliphatic rings. The van der Waals surface area contributed by atoms with Crippen LogP contribution < -0.4 is 5.73 Å². The Morgan fingerprint density at radius 2 is 2.22 bits per heavy atom. The highest BCUT2D eigenvalue weighted by Gasteiger charge is 2.56. The lowest BCUT2D eigenvalue weighted by molar-refractivity contribution is 0.297. The molecule has 0 radical (unpaired) electrons. The smallest absolute Gasteiger partial charge is 0.142 e. The van der Waals surface area contributed by atoms with Crippen molar-refractivity contribution in [1.82, 2.24) is 0 Å². The summed E-state index contributed by atoms with van der Waals surface area (Å²) in [7, 11) is 0. The van der Waals surface area contributed by atoms with Crippen LogP contribution in [0.25, 0.3) is 0 Å². The Balaban J connectivity index is 2.25. The molecule has 1 aromatic rings. The van der Waals surface area contributed by atoms with Gasteiger partial charge in [-0.05, 0) is 25.1 Å². The molecule has 2 unspecified atom stereocenters. The zero-order chi connectivity index (χ0) is 13.2. The molecule has 1 aliphatic heterocycles. The molecule has 1 heterocycles. The lowest BCUT2D eigenvalue weighted by Crippen LogP contribution is -2.18. The third kappa shape index (κ3) is 2.24. The maximum absolute atomic E-state index is 13.7. The number of hydrogen-bond acceptors (Lipinski definition) is 2. The number of rotatable bonds is 4. The molecule has 1 aromatic carbocycles. The third-order valence-corrected chi connectivity index (χ3v) is 2.93. The Morgan fingerprint density at radius 3 is 2.83 bits per heavy atom. The number of nitrogens with zero attached hydrogens (tertiary/aromatic N) is 2. The number of aliphatic imine (C=N–C) groups is 2. The van der Waals surface area contributed by atoms with Crippen LogP contribution in [-0.4, -0.2) is 25.3 Å². The summed E-state index contributed by atoms with van der Waals surface area (Å²) in [5, 5.41) is 0. The first-order valence-electron chi connectivity index (χ1n) is 5.45. The van der Waals surface area contributed by atoms with Gasteiger partial charge in [0, 0.05) is 5.56 Å². The van der Waals surface area contributed by atoms with Gasteiger partial charge in [-0.3, -0.25) is 4.99 Å². The normalized spacial score (nSPS) is 27.2. The average Bonchev–Trinajstić information content (AvgIpc) is 3.00. The maximum Gasteiger partial charge on any atom is 0.142 e. The van der Waals surface area contributed by atoms with Gasteiger partial charge in [0.2, 0.25) is 0 Å². The van der Waals surface area contributed by atoms with Crippen LogP contribution in [0.1, 0.15) is 12.5 Å². The SMILES string of the molecule is CC1OC1(CN=CN=CN)c1cc(F)ccc1F. The van der Waals surface area contributed by atoms with Gasteiger partial charge in [0.1, 0.15) is 23.6 Å². The van der Waals surface area contributed by atoms with E-state index in [0.717, 1.165) is 24.5 Å². The van der Waals surface area contributed by atoms with E-state index in [1.165, 1.54) is 6.34 Å². The van der Waals surface area contributed by atoms with Crippen LogP contribution in [0.5, 0.6) is 0 Å². The molecule has 6 heteroatoms. The zero-order valence-corrected chi connectivity index (χ0v) is 9.81. The van der Waals surface area contributed by atoms with E-state index in [9.17, 15) is 8.78 Å². The summed E-state index contributed by atoms with van der Waals surface area (Å²) in [5.74, 6) is -1.00. The second kappa shape index (κ2) is 4.81. The highest BCUT2D eigenvalue weighted by Crippen LogP contribution is 2.47. The first-order valence-corrected chi connectivity index (χ1v) is 5.45. The highest BCUT2D eigenvalue weighted by atomic mass is 19.1. The van der Waals surface area contributed by atoms with Gasteiger partial charge in [0.05, 0.1) is 19.0 Å². The Kier molecular flexibility index (Phi) is 3.38. The molecule has 0 amide bonds. The van der Waals surface area contributed by atoms with Gasteiger partial charge in [0.25, 0.3) is 0 Å². The predicted molar refractivity (Wildman–Crippen MR) is 64.6 cm³/mol. The molecule has 0 aliphatic carbocycles. The Bertz CT molecular complexity index is 504. The van der Waals surface area contributed by atoms with E-state index in [4.69, 9.17) is 10.5 Å². The van der Waals surface area contributed by atoms with E-state index >= 15 is 0 Å². The molecule has 2 N–H and O–H groups in total. The molecule has 4 nitrogen and oxygen atoms in total. The Morgan fingerprint density at radius 1 is 1.50 bits per heavy atom. The third-order valence-electron chi connectivity index (χ3n) is 2.93. The van der Waals surface area contributed by atoms with Crippen molar-refractivity contribution in [2.45, 2.75) is 18.6 Å². The molecule has 1 saturated heterocycles. The molecule has 2 atom stereocenters. The number of nitrogens with two attached hydrogens (primary N) is 1. The largest absolute Gasteiger partial charge is 0.390 e. The Hall–Kier alpha value is -1.82. The van der Waals surface area contributed by atoms with Crippen LogP contribution in [0, 0.1) is 11.6 Å². The first kappa shape index (κ1) is 12.6. The minimum Gasteiger partial charge on any atom is -0.390 e. The van der Waals surface area contributed by atoms with Crippen LogP contribution in [0.2, 0.25) is 0 Å². The van der Waals surface area contributed by atoms with Gasteiger partial charge in [0.15, 0.2) is 0 Å². The number of epoxide rings is 1. The van der Waals surface area contributed by atoms with Crippen molar-refractivity contribution in [1.29, 1.82) is 0 Å². The fourth-order valence-electron chi connectivity index (χ4n) is 1.90. The fourth-order valence-corrected chi connectivity index (χ4v) is 1.90. The summed E-state index contributed by atoms with van der Waals surface area (Å²) in [5.41, 5.74) is 4.34. The molecular weight excluding hydrogens is 240 g/mol. The van der Waals surface area contributed by atoms with E-state index in [-0.39, 0.29) is 18.2 Å². The molecule has 2 rings (SSSR count). The monoisotopic (exact) mass is 253 g/mol. The summed E-state index contributed by atoms with van der Waals surface area (Å²) >= 11 is 0. The van der Waals surface area contributed by atoms with E-state index in [0.29, 0.717) is 0 Å². The van der Waals surface area contributed by atoms with E-state index in [1.807, 2.05) is 0 Å². The van der Waals surface area contributed by atoms with Gasteiger partial charge in [-0.25, -0.2) is 13.8 Å². The number of halogens is 2. The molecule has 0 spiro atoms. The predicted octanol–water partition coefficient (Wildman–Crippen LogP) is 1.59. The molecular formula is C12H13F2N3O. The Labute approximate surface area is 103 Å². The van der Waals surface area contributed by atoms with Gasteiger partial charge >= 0.3 is 0 Å². The van der Waals surface area contributed by atoms with Crippen LogP contribution in [0.3, 0.4) is 0 Å². The number of benzene rings is 1. The standard InChI is InChI=1S/C12H13F2N3O/c1-8-12(18-8,5-16-7-17-6-15)10-4-9(13)2-3-11(10)14/h2-4,6-8H,5H2,1H3,(H2,15,16,17). The van der Waals surface area contributed by atoms with E-state index in [2.05, 4.69) is 9.98 Å². The van der Waals surface area contributed by atoms with Crippen molar-refractivity contribution in [2.75, 3.05) is 6.54 Å². The lowest BCUT2D eigenvalue weighted by atomic mass is 9.95. The topological polar surface area (TPSA) is 63.3 Å². The minimum absolute atomic E-state index is 0.172. The van der Waals surface area contributed by atoms with Gasteiger partial charge in [-0.15, -0.1) is 0 Å². The molecule has 96 valence electrons. The molecule has 18 heavy (non-hydrogen) atoms. The van der Waals surface area contributed by atoms with Gasteiger partial charge in [-0.2, -0.15) is 0 Å². The zero-order valence-electron chi connectivity index (χ0n) is 9.81. The summed E-state index contributed by atoms with van der Waals surface area (Å²) in [6.45, 7) is 1.96. The summed E-state index contributed by atoms with van der Waals surface area (Å²) in [4.78, 5) is 7.57. The van der Waals surface area contributed by atoms with Gasteiger partial charge in [-0.1, -0.05) is 0 Å². The average molecular weight is 253 g/mol. The van der Waals surface area contributed by atoms with Crippen molar-refractivity contribution < 1.29 is 13.5 Å². The van der Waals surface area contributed by atoms with Crippen LogP contribution >= 0.6 is 0 Å². The summed E-state index contributed by atoms with van der Waals surface area (Å²) < 4.78 is 32.3. The van der Waals surface area contributed by atoms with Crippen molar-refractivity contribution in [2.24, 2.45) is 15.7 Å². The second-order valence-corrected chi connectivity index (χ2v) is 4.03. The number of hydrogen-bond donors (Lipinski definition) is 1. The lowest BCUT2D eigenvalue weighted by Gasteiger charge is -2.11. The molecule has 0 aromatic heterocycles. The van der Waals surface area contributed by atoms with E-state index in [1.54, 1.807) is 6.92 Å². The van der Waals surface area contributed by atoms with Crippen LogP contribution in [-0.2, 0) is 10.3 Å². The summed E-state index contributed by atoms with van der Waals surface area (Å²) in [6.07, 6.45) is 2.14. The maximum atomic E-state index is 13.7. The molecule has 0 bridgehead atoms. The molecule has 0 saturated carbocycles. The summed E-state index contributed by atoms with van der Waals surface area (Å²) in [6, 6.07) is 3.30. The van der Waals surface area contributed by atoms with Crippen LogP contribution in [0.4, 0.5) is 8.78 Å². The molecule has 1 fully saturated rings. The quantitative estimate of drug-likeness (QED) is 0.503. The van der Waals surface area contributed by atoms with Crippen LogP contribution in [0.15, 0.2) is 28.2 Å². The van der Waals surface area contributed by atoms with Gasteiger partial charge < -0.3 is 10.5 Å². The minimum atomic E-state index is -0.896. The van der Waals surface area contributed by atoms with Crippen molar-refractivity contribution in [3.05, 3.63) is 35.4 Å². The number of ether oxygens (including phenoxy) is 1. The van der Waals surface area contributed by atoms with Crippen molar-refractivity contribution >= 4 is 12.7 Å². The van der Waals surface area contributed by atoms with E-state index < -0.39 is 17.2 Å². The highest BCUT2D eigenvalue weighted by molar-refractivity contribution is 5.69. The van der Waals surface area contributed by atoms with Crippen molar-refractivity contribution in [3.8, 4) is 0 Å². The van der Waals surface area contributed by atoms with Crippen molar-refractivity contribution in [3.63, 3.8) is 0 Å². The first-order chi connectivity index (χ1) is 8.60.